The van der Waals surface area contributed by atoms with E-state index in [1.54, 1.807) is 0 Å². The molecule has 14 nitrogen and oxygen atoms in total. The van der Waals surface area contributed by atoms with Gasteiger partial charge in [-0.15, -0.1) is 39.1 Å². The van der Waals surface area contributed by atoms with Crippen LogP contribution in [0, 0.1) is 0 Å². The van der Waals surface area contributed by atoms with E-state index in [0.29, 0.717) is 0 Å². The summed E-state index contributed by atoms with van der Waals surface area (Å²) in [5, 5.41) is 0. The molecule has 0 aromatic carbocycles. The summed E-state index contributed by atoms with van der Waals surface area (Å²) < 4.78 is 34.8. The third-order valence-corrected chi connectivity index (χ3v) is 1.50. The molecule has 0 spiro atoms. The van der Waals surface area contributed by atoms with E-state index in [0.717, 1.165) is 0 Å². The Bertz CT molecular complexity index is 240. The van der Waals surface area contributed by atoms with Crippen molar-refractivity contribution in [1.29, 1.82) is 0 Å². The van der Waals surface area contributed by atoms with Crippen molar-refractivity contribution in [3.8, 4) is 0 Å². The number of hydrogen-bond donors (Lipinski definition) is 10. The van der Waals surface area contributed by atoms with Gasteiger partial charge in [0.1, 0.15) is 0 Å². The maximum atomic E-state index is 8.70. The lowest BCUT2D eigenvalue weighted by Crippen LogP contribution is -1.85. The van der Waals surface area contributed by atoms with Crippen molar-refractivity contribution in [3.63, 3.8) is 0 Å². The van der Waals surface area contributed by atoms with Crippen LogP contribution in [0.3, 0.4) is 0 Å². The highest BCUT2D eigenvalue weighted by molar-refractivity contribution is 7.31. The number of rotatable bonds is 0. The summed E-state index contributed by atoms with van der Waals surface area (Å²) in [5.41, 5.74) is 0. The van der Waals surface area contributed by atoms with E-state index in [1.165, 1.54) is 38.5 Å². The first-order valence-corrected chi connectivity index (χ1v) is 9.99. The second kappa shape index (κ2) is 34.4. The fraction of sp³-hybridized carbons (Fsp3) is 1.00. The Morgan fingerprint density at radius 2 is 0.417 bits per heavy atom. The summed E-state index contributed by atoms with van der Waals surface area (Å²) in [6.07, 6.45) is 9.00. The van der Waals surface area contributed by atoms with E-state index in [9.17, 15) is 0 Å². The van der Waals surface area contributed by atoms with Gasteiger partial charge in [0.25, 0.3) is 0 Å². The first-order valence-electron chi connectivity index (χ1n) is 5.33. The summed E-state index contributed by atoms with van der Waals surface area (Å²) in [4.78, 5) is 57.0. The van der Waals surface area contributed by atoms with Crippen LogP contribution in [0.15, 0.2) is 0 Å². The van der Waals surface area contributed by atoms with E-state index in [-0.39, 0.29) is 12.3 Å². The topological polar surface area (TPSA) is 300 Å². The zero-order valence-corrected chi connectivity index (χ0v) is 16.2. The molecular weight excluding hydrogens is 416 g/mol. The van der Waals surface area contributed by atoms with Crippen LogP contribution in [-0.4, -0.2) is 39.1 Å². The quantitative estimate of drug-likeness (QED) is 0.236. The van der Waals surface area contributed by atoms with Crippen molar-refractivity contribution in [1.82, 2.24) is 12.3 Å². The highest BCUT2D eigenvalue weighted by Crippen LogP contribution is 2.15. The van der Waals surface area contributed by atoms with Crippen LogP contribution in [0.2, 0.25) is 0 Å². The van der Waals surface area contributed by atoms with E-state index in [2.05, 4.69) is 0 Å². The van der Waals surface area contributed by atoms with E-state index < -0.39 is 33.0 Å². The Kier molecular flexibility index (Phi) is 56.1. The van der Waals surface area contributed by atoms with Gasteiger partial charge in [-0.1, -0.05) is 38.5 Å². The minimum atomic E-state index is -2.87. The first kappa shape index (κ1) is 39.2. The molecule has 0 unspecified atom stereocenters. The Labute approximate surface area is 142 Å². The van der Waals surface area contributed by atoms with Crippen LogP contribution in [0.4, 0.5) is 0 Å². The predicted octanol–water partition coefficient (Wildman–Crippen LogP) is 1.18. The van der Waals surface area contributed by atoms with Crippen LogP contribution in [-0.2, 0) is 18.3 Å². The standard InChI is InChI=1S/C6H12.2H3N.4HO3P/c1-2-4-6-5-3-1;;;4*1-4(2)3/h1-6H2;2*1H3;4*(H-,1,2,3)/p+4. The van der Waals surface area contributed by atoms with Crippen molar-refractivity contribution in [2.45, 2.75) is 38.5 Å². The molecule has 0 saturated heterocycles. The van der Waals surface area contributed by atoms with Gasteiger partial charge in [0, 0.05) is 18.3 Å². The van der Waals surface area contributed by atoms with Gasteiger partial charge in [-0.25, -0.2) is 0 Å². The second-order valence-corrected chi connectivity index (χ2v) is 5.15. The highest BCUT2D eigenvalue weighted by Gasteiger charge is 1.95. The zero-order chi connectivity index (χ0) is 18.6. The molecule has 0 aromatic rings. The minimum Gasteiger partial charge on any atom is -0.344 e. The van der Waals surface area contributed by atoms with Crippen LogP contribution in [0.1, 0.15) is 38.5 Å². The van der Waals surface area contributed by atoms with Gasteiger partial charge in [-0.05, 0) is 0 Å². The normalized spacial score (nSPS) is 10.3. The van der Waals surface area contributed by atoms with Gasteiger partial charge in [0.05, 0.1) is 0 Å². The van der Waals surface area contributed by atoms with Crippen molar-refractivity contribution >= 4 is 33.0 Å². The lowest BCUT2D eigenvalue weighted by Gasteiger charge is -2.05. The zero-order valence-electron chi connectivity index (χ0n) is 12.7. The molecule has 0 radical (unpaired) electrons. The molecule has 0 amide bonds. The van der Waals surface area contributed by atoms with Crippen LogP contribution in [0.25, 0.3) is 0 Å². The smallest absolute Gasteiger partial charge is 0.344 e. The molecular formula is C6H26N2O12P4+4. The fourth-order valence-corrected chi connectivity index (χ4v) is 1.06. The third-order valence-electron chi connectivity index (χ3n) is 1.50. The Morgan fingerprint density at radius 3 is 0.458 bits per heavy atom. The third kappa shape index (κ3) is 270. The highest BCUT2D eigenvalue weighted by atomic mass is 31.1. The molecule has 18 heteroatoms. The maximum Gasteiger partial charge on any atom is 0.692 e. The fourth-order valence-electron chi connectivity index (χ4n) is 1.06. The van der Waals surface area contributed by atoms with Gasteiger partial charge < -0.3 is 12.3 Å². The molecule has 0 atom stereocenters. The largest absolute Gasteiger partial charge is 0.692 e. The molecule has 1 saturated carbocycles. The predicted molar refractivity (Wildman–Crippen MR) is 85.9 cm³/mol. The average Bonchev–Trinajstić information content (AvgIpc) is 2.28. The summed E-state index contributed by atoms with van der Waals surface area (Å²) in [5.74, 6) is 0. The maximum absolute atomic E-state index is 8.70. The SMILES string of the molecule is C1CCCCC1.N.N.O=[P+](O)O.O=[P+](O)O.O=[P+](O)O.O=[P+](O)O. The molecule has 24 heavy (non-hydrogen) atoms. The molecule has 0 heterocycles. The lowest BCUT2D eigenvalue weighted by atomic mass is 10.0. The Balaban J connectivity index is -0.0000000420. The van der Waals surface area contributed by atoms with Crippen molar-refractivity contribution < 1.29 is 57.4 Å². The summed E-state index contributed by atoms with van der Waals surface area (Å²) in [6.45, 7) is 0. The number of hydrogen-bond acceptors (Lipinski definition) is 6. The van der Waals surface area contributed by atoms with Gasteiger partial charge in [0.15, 0.2) is 0 Å². The van der Waals surface area contributed by atoms with Gasteiger partial charge >= 0.3 is 33.0 Å². The molecule has 148 valence electrons. The summed E-state index contributed by atoms with van der Waals surface area (Å²) >= 11 is 0. The molecule has 1 fully saturated rings. The van der Waals surface area contributed by atoms with Crippen molar-refractivity contribution in [2.75, 3.05) is 0 Å². The molecule has 1 aliphatic rings. The van der Waals surface area contributed by atoms with Crippen molar-refractivity contribution in [3.05, 3.63) is 0 Å². The Morgan fingerprint density at radius 1 is 0.375 bits per heavy atom. The average molecular weight is 442 g/mol. The van der Waals surface area contributed by atoms with E-state index in [1.807, 2.05) is 0 Å². The molecule has 0 aliphatic heterocycles. The van der Waals surface area contributed by atoms with E-state index in [4.69, 9.17) is 57.4 Å². The summed E-state index contributed by atoms with van der Waals surface area (Å²) in [6, 6.07) is 0. The molecule has 14 N–H and O–H groups in total. The van der Waals surface area contributed by atoms with Crippen LogP contribution < -0.4 is 12.3 Å². The van der Waals surface area contributed by atoms with Crippen LogP contribution in [0.5, 0.6) is 0 Å². The van der Waals surface area contributed by atoms with Crippen molar-refractivity contribution in [2.24, 2.45) is 0 Å². The second-order valence-electron chi connectivity index (χ2n) is 3.13. The molecule has 0 bridgehead atoms. The monoisotopic (exact) mass is 442 g/mol. The minimum absolute atomic E-state index is 0. The van der Waals surface area contributed by atoms with Gasteiger partial charge in [0.2, 0.25) is 0 Å². The molecule has 1 aliphatic carbocycles. The van der Waals surface area contributed by atoms with Gasteiger partial charge in [-0.3, -0.25) is 0 Å². The molecule has 0 aromatic heterocycles. The Hall–Kier alpha value is -0.000000000000000153. The van der Waals surface area contributed by atoms with E-state index >= 15 is 0 Å². The van der Waals surface area contributed by atoms with Crippen LogP contribution >= 0.6 is 33.0 Å². The molecule has 1 rings (SSSR count). The first-order chi connectivity index (χ1) is 9.93. The van der Waals surface area contributed by atoms with Gasteiger partial charge in [-0.2, -0.15) is 0 Å². The lowest BCUT2D eigenvalue weighted by molar-refractivity contribution is 0.403. The summed E-state index contributed by atoms with van der Waals surface area (Å²) in [7, 11) is -11.5.